The van der Waals surface area contributed by atoms with Crippen LogP contribution in [0.25, 0.3) is 0 Å². The number of piperazine rings is 1. The summed E-state index contributed by atoms with van der Waals surface area (Å²) in [5, 5.41) is 6.06. The van der Waals surface area contributed by atoms with Crippen LogP contribution in [-0.4, -0.2) is 48.6 Å². The molecule has 1 fully saturated rings. The summed E-state index contributed by atoms with van der Waals surface area (Å²) in [7, 11) is 0. The summed E-state index contributed by atoms with van der Waals surface area (Å²) in [4.78, 5) is 26.6. The molecule has 1 atom stereocenters. The van der Waals surface area contributed by atoms with Crippen molar-refractivity contribution in [3.8, 4) is 0 Å². The number of nitrogens with one attached hydrogen (secondary N) is 2. The SMILES string of the molecule is CSc1cc(C(=O)N2CCNC[C@H]2C)ccc1NC(C)=O.Cl. The van der Waals surface area contributed by atoms with Crippen LogP contribution in [0.4, 0.5) is 5.69 Å². The third-order valence-corrected chi connectivity index (χ3v) is 4.30. The van der Waals surface area contributed by atoms with Gasteiger partial charge >= 0.3 is 0 Å². The maximum Gasteiger partial charge on any atom is 0.254 e. The second kappa shape index (κ2) is 8.41. The van der Waals surface area contributed by atoms with E-state index in [1.54, 1.807) is 12.1 Å². The smallest absolute Gasteiger partial charge is 0.254 e. The van der Waals surface area contributed by atoms with E-state index in [0.717, 1.165) is 30.2 Å². The summed E-state index contributed by atoms with van der Waals surface area (Å²) in [6.07, 6.45) is 1.93. The number of anilines is 1. The molecule has 0 bridgehead atoms. The van der Waals surface area contributed by atoms with Gasteiger partial charge in [0.25, 0.3) is 5.91 Å². The fourth-order valence-corrected chi connectivity index (χ4v) is 3.01. The molecule has 0 aromatic heterocycles. The number of carbonyl (C=O) groups excluding carboxylic acids is 2. The molecular formula is C15H22ClN3O2S. The average Bonchev–Trinajstić information content (AvgIpc) is 2.47. The quantitative estimate of drug-likeness (QED) is 0.826. The highest BCUT2D eigenvalue weighted by atomic mass is 35.5. The van der Waals surface area contributed by atoms with Crippen LogP contribution in [0.1, 0.15) is 24.2 Å². The van der Waals surface area contributed by atoms with Crippen LogP contribution >= 0.6 is 24.2 Å². The summed E-state index contributed by atoms with van der Waals surface area (Å²) < 4.78 is 0. The average molecular weight is 344 g/mol. The number of thioether (sulfide) groups is 1. The molecule has 122 valence electrons. The number of amides is 2. The molecule has 2 N–H and O–H groups in total. The molecule has 1 aliphatic rings. The molecule has 0 unspecified atom stereocenters. The van der Waals surface area contributed by atoms with Gasteiger partial charge in [0.1, 0.15) is 0 Å². The summed E-state index contributed by atoms with van der Waals surface area (Å²) in [6.45, 7) is 5.90. The number of carbonyl (C=O) groups is 2. The van der Waals surface area contributed by atoms with E-state index < -0.39 is 0 Å². The summed E-state index contributed by atoms with van der Waals surface area (Å²) in [6, 6.07) is 5.63. The Hall–Kier alpha value is -1.24. The van der Waals surface area contributed by atoms with Crippen molar-refractivity contribution in [2.45, 2.75) is 24.8 Å². The first kappa shape index (κ1) is 18.8. The number of halogens is 1. The van der Waals surface area contributed by atoms with E-state index in [-0.39, 0.29) is 30.3 Å². The van der Waals surface area contributed by atoms with Gasteiger partial charge in [-0.1, -0.05) is 0 Å². The zero-order valence-corrected chi connectivity index (χ0v) is 14.6. The maximum absolute atomic E-state index is 12.6. The first-order valence-electron chi connectivity index (χ1n) is 7.00. The van der Waals surface area contributed by atoms with Gasteiger partial charge in [-0.25, -0.2) is 0 Å². The maximum atomic E-state index is 12.6. The standard InChI is InChI=1S/C15H21N3O2S.ClH/c1-10-9-16-6-7-18(10)15(20)12-4-5-13(17-11(2)19)14(8-12)21-3;/h4-5,8,10,16H,6-7,9H2,1-3H3,(H,17,19);1H/t10-;/m1./s1. The van der Waals surface area contributed by atoms with Gasteiger partial charge in [-0.3, -0.25) is 9.59 Å². The lowest BCUT2D eigenvalue weighted by molar-refractivity contribution is -0.114. The van der Waals surface area contributed by atoms with Crippen LogP contribution < -0.4 is 10.6 Å². The van der Waals surface area contributed by atoms with E-state index in [2.05, 4.69) is 10.6 Å². The van der Waals surface area contributed by atoms with Crippen LogP contribution in [0.15, 0.2) is 23.1 Å². The molecule has 2 rings (SSSR count). The second-order valence-electron chi connectivity index (χ2n) is 5.15. The Bertz CT molecular complexity index is 554. The van der Waals surface area contributed by atoms with Crippen LogP contribution in [0.2, 0.25) is 0 Å². The minimum Gasteiger partial charge on any atom is -0.333 e. The lowest BCUT2D eigenvalue weighted by Crippen LogP contribution is -2.52. The van der Waals surface area contributed by atoms with Crippen LogP contribution in [-0.2, 0) is 4.79 Å². The van der Waals surface area contributed by atoms with Crippen molar-refractivity contribution in [1.82, 2.24) is 10.2 Å². The Labute approximate surface area is 141 Å². The molecule has 1 aromatic carbocycles. The predicted octanol–water partition coefficient (Wildman–Crippen LogP) is 2.22. The lowest BCUT2D eigenvalue weighted by Gasteiger charge is -2.34. The number of hydrogen-bond acceptors (Lipinski definition) is 4. The minimum atomic E-state index is -0.111. The number of rotatable bonds is 3. The Morgan fingerprint density at radius 3 is 2.73 bits per heavy atom. The van der Waals surface area contributed by atoms with E-state index in [9.17, 15) is 9.59 Å². The van der Waals surface area contributed by atoms with Gasteiger partial charge in [0, 0.05) is 43.1 Å². The highest BCUT2D eigenvalue weighted by Crippen LogP contribution is 2.27. The predicted molar refractivity (Wildman–Crippen MR) is 93.1 cm³/mol. The topological polar surface area (TPSA) is 61.4 Å². The van der Waals surface area contributed by atoms with Gasteiger partial charge in [0.2, 0.25) is 5.91 Å². The van der Waals surface area contributed by atoms with Crippen molar-refractivity contribution < 1.29 is 9.59 Å². The molecule has 0 aliphatic carbocycles. The zero-order valence-electron chi connectivity index (χ0n) is 13.0. The van der Waals surface area contributed by atoms with Crippen molar-refractivity contribution in [2.24, 2.45) is 0 Å². The fourth-order valence-electron chi connectivity index (χ4n) is 2.43. The first-order valence-corrected chi connectivity index (χ1v) is 8.22. The van der Waals surface area contributed by atoms with Crippen LogP contribution in [0.3, 0.4) is 0 Å². The van der Waals surface area contributed by atoms with Crippen molar-refractivity contribution in [1.29, 1.82) is 0 Å². The molecule has 1 aromatic rings. The largest absolute Gasteiger partial charge is 0.333 e. The molecular weight excluding hydrogens is 322 g/mol. The van der Waals surface area contributed by atoms with Crippen molar-refractivity contribution in [3.63, 3.8) is 0 Å². The fraction of sp³-hybridized carbons (Fsp3) is 0.467. The van der Waals surface area contributed by atoms with E-state index in [4.69, 9.17) is 0 Å². The highest BCUT2D eigenvalue weighted by Gasteiger charge is 2.24. The van der Waals surface area contributed by atoms with Gasteiger partial charge < -0.3 is 15.5 Å². The molecule has 1 saturated heterocycles. The monoisotopic (exact) mass is 343 g/mol. The van der Waals surface area contributed by atoms with Gasteiger partial charge in [0.05, 0.1) is 5.69 Å². The highest BCUT2D eigenvalue weighted by molar-refractivity contribution is 7.98. The number of hydrogen-bond donors (Lipinski definition) is 2. The first-order chi connectivity index (χ1) is 10.0. The molecule has 0 spiro atoms. The van der Waals surface area contributed by atoms with Gasteiger partial charge in [0.15, 0.2) is 0 Å². The third-order valence-electron chi connectivity index (χ3n) is 3.52. The van der Waals surface area contributed by atoms with E-state index in [1.165, 1.54) is 18.7 Å². The molecule has 1 aliphatic heterocycles. The summed E-state index contributed by atoms with van der Waals surface area (Å²) >= 11 is 1.52. The van der Waals surface area contributed by atoms with Crippen molar-refractivity contribution >= 4 is 41.7 Å². The molecule has 0 radical (unpaired) electrons. The lowest BCUT2D eigenvalue weighted by atomic mass is 10.1. The normalized spacial score (nSPS) is 17.6. The molecule has 22 heavy (non-hydrogen) atoms. The Morgan fingerprint density at radius 1 is 1.41 bits per heavy atom. The number of nitrogens with zero attached hydrogens (tertiary/aromatic N) is 1. The van der Waals surface area contributed by atoms with E-state index >= 15 is 0 Å². The zero-order chi connectivity index (χ0) is 15.4. The third kappa shape index (κ3) is 4.38. The second-order valence-corrected chi connectivity index (χ2v) is 6.00. The Morgan fingerprint density at radius 2 is 2.14 bits per heavy atom. The van der Waals surface area contributed by atoms with E-state index in [0.29, 0.717) is 5.56 Å². The number of benzene rings is 1. The van der Waals surface area contributed by atoms with Crippen molar-refractivity contribution in [2.75, 3.05) is 31.2 Å². The Balaban J connectivity index is 0.00000242. The van der Waals surface area contributed by atoms with Crippen LogP contribution in [0.5, 0.6) is 0 Å². The summed E-state index contributed by atoms with van der Waals surface area (Å²) in [5.41, 5.74) is 1.42. The Kier molecular flexibility index (Phi) is 7.19. The minimum absolute atomic E-state index is 0. The van der Waals surface area contributed by atoms with Crippen molar-refractivity contribution in [3.05, 3.63) is 23.8 Å². The van der Waals surface area contributed by atoms with Gasteiger partial charge in [-0.05, 0) is 31.4 Å². The van der Waals surface area contributed by atoms with Crippen LogP contribution in [0, 0.1) is 0 Å². The molecule has 5 nitrogen and oxygen atoms in total. The van der Waals surface area contributed by atoms with Gasteiger partial charge in [-0.15, -0.1) is 24.2 Å². The van der Waals surface area contributed by atoms with E-state index in [1.807, 2.05) is 24.1 Å². The molecule has 7 heteroatoms. The molecule has 0 saturated carbocycles. The molecule has 1 heterocycles. The molecule has 2 amide bonds. The van der Waals surface area contributed by atoms with Gasteiger partial charge in [-0.2, -0.15) is 0 Å². The summed E-state index contributed by atoms with van der Waals surface area (Å²) in [5.74, 6) is -0.0613.